The summed E-state index contributed by atoms with van der Waals surface area (Å²) in [5.41, 5.74) is 1.16. The highest BCUT2D eigenvalue weighted by molar-refractivity contribution is 7.94. The molecular formula is C14H19N3O2S. The highest BCUT2D eigenvalue weighted by Gasteiger charge is 2.05. The Labute approximate surface area is 122 Å². The smallest absolute Gasteiger partial charge is 0.310 e. The van der Waals surface area contributed by atoms with E-state index >= 15 is 0 Å². The largest absolute Gasteiger partial charge is 0.345 e. The van der Waals surface area contributed by atoms with E-state index < -0.39 is 0 Å². The topological polar surface area (TPSA) is 49.0 Å². The lowest BCUT2D eigenvalue weighted by Crippen LogP contribution is -2.23. The molecule has 0 N–H and O–H groups in total. The lowest BCUT2D eigenvalue weighted by molar-refractivity contribution is 0.344. The van der Waals surface area contributed by atoms with Crippen LogP contribution in [-0.2, 0) is 17.8 Å². The van der Waals surface area contributed by atoms with E-state index in [1.807, 2.05) is 19.1 Å². The van der Waals surface area contributed by atoms with Gasteiger partial charge in [0, 0.05) is 30.5 Å². The Morgan fingerprint density at radius 3 is 2.55 bits per heavy atom. The predicted molar refractivity (Wildman–Crippen MR) is 79.8 cm³/mol. The predicted octanol–water partition coefficient (Wildman–Crippen LogP) is 2.31. The van der Waals surface area contributed by atoms with Crippen molar-refractivity contribution in [3.05, 3.63) is 46.1 Å². The van der Waals surface area contributed by atoms with Gasteiger partial charge in [-0.1, -0.05) is 17.7 Å². The lowest BCUT2D eigenvalue weighted by atomic mass is 10.2. The molecule has 20 heavy (non-hydrogen) atoms. The van der Waals surface area contributed by atoms with Gasteiger partial charge in [-0.2, -0.15) is 5.10 Å². The fourth-order valence-corrected chi connectivity index (χ4v) is 2.30. The van der Waals surface area contributed by atoms with Crippen molar-refractivity contribution >= 4 is 12.0 Å². The van der Waals surface area contributed by atoms with Crippen LogP contribution in [0.3, 0.4) is 0 Å². The summed E-state index contributed by atoms with van der Waals surface area (Å²) < 4.78 is 8.55. The van der Waals surface area contributed by atoms with E-state index in [1.165, 1.54) is 22.3 Å². The molecule has 0 aliphatic rings. The quantitative estimate of drug-likeness (QED) is 0.606. The zero-order valence-electron chi connectivity index (χ0n) is 12.0. The zero-order valence-corrected chi connectivity index (χ0v) is 12.8. The third-order valence-electron chi connectivity index (χ3n) is 3.03. The van der Waals surface area contributed by atoms with Gasteiger partial charge in [0.1, 0.15) is 5.82 Å². The van der Waals surface area contributed by atoms with Gasteiger partial charge in [-0.3, -0.25) is 4.57 Å². The molecule has 0 unspecified atom stereocenters. The van der Waals surface area contributed by atoms with Crippen LogP contribution in [0.15, 0.2) is 34.0 Å². The summed E-state index contributed by atoms with van der Waals surface area (Å²) in [4.78, 5) is 12.8. The molecule has 0 atom stereocenters. The number of hydrogen-bond donors (Lipinski definition) is 0. The average Bonchev–Trinajstić information content (AvgIpc) is 2.68. The highest BCUT2D eigenvalue weighted by atomic mass is 32.2. The first-order valence-electron chi connectivity index (χ1n) is 6.54. The van der Waals surface area contributed by atoms with Crippen LogP contribution in [0.5, 0.6) is 0 Å². The maximum Gasteiger partial charge on any atom is 0.345 e. The van der Waals surface area contributed by atoms with E-state index in [0.717, 1.165) is 17.1 Å². The van der Waals surface area contributed by atoms with Gasteiger partial charge in [-0.25, -0.2) is 9.48 Å². The number of aryl methyl sites for hydroxylation is 3. The first kappa shape index (κ1) is 14.9. The van der Waals surface area contributed by atoms with Gasteiger partial charge in [-0.15, -0.1) is 0 Å². The summed E-state index contributed by atoms with van der Waals surface area (Å²) in [6.07, 6.45) is 0.759. The summed E-state index contributed by atoms with van der Waals surface area (Å²) in [6, 6.07) is 8.18. The third-order valence-corrected chi connectivity index (χ3v) is 3.78. The molecule has 108 valence electrons. The van der Waals surface area contributed by atoms with Gasteiger partial charge in [0.15, 0.2) is 0 Å². The number of benzene rings is 1. The molecule has 5 nitrogen and oxygen atoms in total. The van der Waals surface area contributed by atoms with Crippen molar-refractivity contribution in [2.75, 3.05) is 6.61 Å². The van der Waals surface area contributed by atoms with Crippen LogP contribution >= 0.6 is 12.0 Å². The van der Waals surface area contributed by atoms with E-state index in [2.05, 4.69) is 24.2 Å². The summed E-state index contributed by atoms with van der Waals surface area (Å²) >= 11 is 1.36. The van der Waals surface area contributed by atoms with Crippen molar-refractivity contribution < 1.29 is 4.18 Å². The Hall–Kier alpha value is -1.53. The van der Waals surface area contributed by atoms with Crippen molar-refractivity contribution in [3.8, 4) is 0 Å². The normalized spacial score (nSPS) is 10.9. The first-order chi connectivity index (χ1) is 9.58. The minimum atomic E-state index is -0.0753. The summed E-state index contributed by atoms with van der Waals surface area (Å²) in [5, 5.41) is 4.18. The summed E-state index contributed by atoms with van der Waals surface area (Å²) in [7, 11) is 1.73. The highest BCUT2D eigenvalue weighted by Crippen LogP contribution is 2.19. The van der Waals surface area contributed by atoms with Crippen LogP contribution in [0.4, 0.5) is 0 Å². The Morgan fingerprint density at radius 1 is 1.25 bits per heavy atom. The Bertz CT molecular complexity index is 616. The molecule has 2 aromatic rings. The van der Waals surface area contributed by atoms with E-state index in [-0.39, 0.29) is 5.69 Å². The molecular weight excluding hydrogens is 274 g/mol. The molecule has 0 aliphatic heterocycles. The van der Waals surface area contributed by atoms with E-state index in [4.69, 9.17) is 4.18 Å². The molecule has 0 spiro atoms. The number of nitrogens with zero attached hydrogens (tertiary/aromatic N) is 3. The minimum absolute atomic E-state index is 0.0753. The number of hydrogen-bond acceptors (Lipinski definition) is 4. The maximum atomic E-state index is 11.7. The monoisotopic (exact) mass is 293 g/mol. The lowest BCUT2D eigenvalue weighted by Gasteiger charge is -2.03. The number of aromatic nitrogens is 3. The summed E-state index contributed by atoms with van der Waals surface area (Å²) in [6.45, 7) is 5.04. The molecule has 1 heterocycles. The zero-order chi connectivity index (χ0) is 14.5. The van der Waals surface area contributed by atoms with Crippen molar-refractivity contribution in [1.82, 2.24) is 14.3 Å². The second-order valence-corrected chi connectivity index (χ2v) is 5.56. The van der Waals surface area contributed by atoms with Crippen molar-refractivity contribution in [3.63, 3.8) is 0 Å². The van der Waals surface area contributed by atoms with Gasteiger partial charge in [-0.05, 0) is 32.4 Å². The Morgan fingerprint density at radius 2 is 1.95 bits per heavy atom. The molecule has 1 aromatic carbocycles. The van der Waals surface area contributed by atoms with Crippen LogP contribution in [-0.4, -0.2) is 21.0 Å². The SMILES string of the molecule is Cc1ccc(SOCCCn2nc(C)n(C)c2=O)cc1. The number of rotatable bonds is 6. The Balaban J connectivity index is 1.73. The average molecular weight is 293 g/mol. The molecule has 0 bridgehead atoms. The molecule has 0 amide bonds. The van der Waals surface area contributed by atoms with Gasteiger partial charge in [0.2, 0.25) is 0 Å². The van der Waals surface area contributed by atoms with Crippen LogP contribution in [0.25, 0.3) is 0 Å². The van der Waals surface area contributed by atoms with Crippen LogP contribution in [0.1, 0.15) is 17.8 Å². The summed E-state index contributed by atoms with van der Waals surface area (Å²) in [5.74, 6) is 0.727. The second kappa shape index (κ2) is 6.76. The molecule has 0 saturated heterocycles. The van der Waals surface area contributed by atoms with Crippen molar-refractivity contribution in [2.24, 2.45) is 7.05 Å². The van der Waals surface area contributed by atoms with Crippen LogP contribution in [0.2, 0.25) is 0 Å². The van der Waals surface area contributed by atoms with E-state index in [0.29, 0.717) is 13.2 Å². The molecule has 0 fully saturated rings. The van der Waals surface area contributed by atoms with Crippen molar-refractivity contribution in [2.45, 2.75) is 31.7 Å². The second-order valence-electron chi connectivity index (χ2n) is 4.68. The van der Waals surface area contributed by atoms with Crippen LogP contribution in [0, 0.1) is 13.8 Å². The molecule has 6 heteroatoms. The fourth-order valence-electron chi connectivity index (χ4n) is 1.72. The third kappa shape index (κ3) is 3.74. The molecule has 0 saturated carbocycles. The van der Waals surface area contributed by atoms with Gasteiger partial charge in [0.05, 0.1) is 6.61 Å². The molecule has 1 aromatic heterocycles. The van der Waals surface area contributed by atoms with Gasteiger partial charge < -0.3 is 4.18 Å². The van der Waals surface area contributed by atoms with Gasteiger partial charge >= 0.3 is 5.69 Å². The van der Waals surface area contributed by atoms with E-state index in [1.54, 1.807) is 11.6 Å². The molecule has 0 radical (unpaired) electrons. The minimum Gasteiger partial charge on any atom is -0.310 e. The molecule has 2 rings (SSSR count). The van der Waals surface area contributed by atoms with E-state index in [9.17, 15) is 4.79 Å². The van der Waals surface area contributed by atoms with Crippen LogP contribution < -0.4 is 5.69 Å². The molecule has 0 aliphatic carbocycles. The standard InChI is InChI=1S/C14H19N3O2S/c1-11-5-7-13(8-6-11)20-19-10-4-9-17-14(18)16(3)12(2)15-17/h5-8H,4,9-10H2,1-3H3. The fraction of sp³-hybridized carbons (Fsp3) is 0.429. The van der Waals surface area contributed by atoms with Crippen molar-refractivity contribution in [1.29, 1.82) is 0 Å². The first-order valence-corrected chi connectivity index (χ1v) is 7.28. The maximum absolute atomic E-state index is 11.7. The van der Waals surface area contributed by atoms with Gasteiger partial charge in [0.25, 0.3) is 0 Å². The Kier molecular flexibility index (Phi) is 5.03.